The van der Waals surface area contributed by atoms with Gasteiger partial charge in [0.2, 0.25) is 5.91 Å². The van der Waals surface area contributed by atoms with Gasteiger partial charge >= 0.3 is 0 Å². The third-order valence-electron chi connectivity index (χ3n) is 4.70. The van der Waals surface area contributed by atoms with Gasteiger partial charge in [0.1, 0.15) is 5.76 Å². The molecule has 158 valence electrons. The number of hydrogen-bond donors (Lipinski definition) is 2. The van der Waals surface area contributed by atoms with Gasteiger partial charge in [-0.1, -0.05) is 49.3 Å². The molecule has 2 rings (SSSR count). The van der Waals surface area contributed by atoms with Gasteiger partial charge in [-0.05, 0) is 25.8 Å². The number of nitrogens with zero attached hydrogens (tertiary/aromatic N) is 3. The molecule has 2 aromatic rings. The van der Waals surface area contributed by atoms with Crippen LogP contribution in [0.4, 0.5) is 0 Å². The maximum atomic E-state index is 12.7. The Kier molecular flexibility index (Phi) is 9.21. The van der Waals surface area contributed by atoms with E-state index in [9.17, 15) is 4.79 Å². The minimum absolute atomic E-state index is 0.0374. The second-order valence-electron chi connectivity index (χ2n) is 6.68. The van der Waals surface area contributed by atoms with E-state index in [4.69, 9.17) is 4.52 Å². The van der Waals surface area contributed by atoms with Crippen LogP contribution in [0.5, 0.6) is 0 Å². The topological polar surface area (TPSA) is 82.8 Å². The second-order valence-corrected chi connectivity index (χ2v) is 6.68. The predicted octanol–water partition coefficient (Wildman–Crippen LogP) is 2.90. The van der Waals surface area contributed by atoms with Gasteiger partial charge in [-0.15, -0.1) is 0 Å². The minimum Gasteiger partial charge on any atom is -0.361 e. The van der Waals surface area contributed by atoms with Crippen molar-refractivity contribution in [3.8, 4) is 0 Å². The number of guanidine groups is 1. The molecule has 0 aliphatic rings. The Labute approximate surface area is 173 Å². The average molecular weight is 400 g/mol. The lowest BCUT2D eigenvalue weighted by Crippen LogP contribution is -2.44. The van der Waals surface area contributed by atoms with Crippen molar-refractivity contribution in [2.24, 2.45) is 4.99 Å². The molecule has 29 heavy (non-hydrogen) atoms. The highest BCUT2D eigenvalue weighted by Gasteiger charge is 2.15. The molecule has 7 heteroatoms. The van der Waals surface area contributed by atoms with Crippen LogP contribution in [0.2, 0.25) is 0 Å². The Morgan fingerprint density at radius 2 is 1.86 bits per heavy atom. The van der Waals surface area contributed by atoms with Gasteiger partial charge in [0.25, 0.3) is 0 Å². The third kappa shape index (κ3) is 6.62. The number of carbonyl (C=O) groups is 1. The number of aryl methyl sites for hydroxylation is 2. The molecule has 2 N–H and O–H groups in total. The van der Waals surface area contributed by atoms with E-state index in [1.54, 1.807) is 0 Å². The van der Waals surface area contributed by atoms with E-state index in [0.717, 1.165) is 35.4 Å². The van der Waals surface area contributed by atoms with Crippen LogP contribution < -0.4 is 10.6 Å². The fourth-order valence-corrected chi connectivity index (χ4v) is 3.07. The van der Waals surface area contributed by atoms with Crippen molar-refractivity contribution in [3.63, 3.8) is 0 Å². The van der Waals surface area contributed by atoms with Gasteiger partial charge in [-0.3, -0.25) is 4.79 Å². The van der Waals surface area contributed by atoms with Crippen molar-refractivity contribution in [1.82, 2.24) is 20.7 Å². The summed E-state index contributed by atoms with van der Waals surface area (Å²) in [6, 6.07) is 10.0. The molecule has 0 fully saturated rings. The molecule has 0 spiro atoms. The molecular weight excluding hydrogens is 366 g/mol. The summed E-state index contributed by atoms with van der Waals surface area (Å²) in [5, 5.41) is 10.5. The summed E-state index contributed by atoms with van der Waals surface area (Å²) in [4.78, 5) is 19.1. The fourth-order valence-electron chi connectivity index (χ4n) is 3.07. The maximum absolute atomic E-state index is 12.7. The first-order chi connectivity index (χ1) is 14.1. The molecule has 0 radical (unpaired) electrons. The molecule has 0 unspecified atom stereocenters. The van der Waals surface area contributed by atoms with Gasteiger partial charge in [0.15, 0.2) is 5.96 Å². The number of likely N-dealkylation sites (N-methyl/N-ethyl adjacent to an activating group) is 1. The van der Waals surface area contributed by atoms with Gasteiger partial charge < -0.3 is 20.1 Å². The van der Waals surface area contributed by atoms with E-state index in [2.05, 4.69) is 27.7 Å². The van der Waals surface area contributed by atoms with Crippen LogP contribution in [0.25, 0.3) is 0 Å². The normalized spacial score (nSPS) is 11.4. The van der Waals surface area contributed by atoms with Crippen molar-refractivity contribution in [3.05, 3.63) is 52.9 Å². The highest BCUT2D eigenvalue weighted by Crippen LogP contribution is 2.16. The van der Waals surface area contributed by atoms with E-state index < -0.39 is 0 Å². The van der Waals surface area contributed by atoms with Crippen LogP contribution >= 0.6 is 0 Å². The average Bonchev–Trinajstić information content (AvgIpc) is 3.16. The molecule has 0 bridgehead atoms. The van der Waals surface area contributed by atoms with Crippen LogP contribution in [-0.4, -0.2) is 41.6 Å². The Morgan fingerprint density at radius 1 is 1.10 bits per heavy atom. The molecule has 1 aromatic carbocycles. The first-order valence-corrected chi connectivity index (χ1v) is 10.4. The predicted molar refractivity (Wildman–Crippen MR) is 116 cm³/mol. The zero-order valence-electron chi connectivity index (χ0n) is 18.0. The van der Waals surface area contributed by atoms with E-state index in [-0.39, 0.29) is 12.5 Å². The van der Waals surface area contributed by atoms with Gasteiger partial charge in [0, 0.05) is 31.6 Å². The van der Waals surface area contributed by atoms with Crippen molar-refractivity contribution in [2.75, 3.05) is 19.6 Å². The van der Waals surface area contributed by atoms with Crippen LogP contribution in [0.1, 0.15) is 50.3 Å². The molecule has 0 saturated carbocycles. The standard InChI is InChI=1S/C22H33N5O2/c1-5-19-18(20(6-2)29-26-19)14-24-22(23-7-3)25-15-21(28)27(8-4)16-17-12-10-9-11-13-17/h9-13H,5-8,14-16H2,1-4H3,(H2,23,24,25). The molecule has 0 aliphatic carbocycles. The van der Waals surface area contributed by atoms with E-state index in [1.165, 1.54) is 0 Å². The first-order valence-electron chi connectivity index (χ1n) is 10.4. The smallest absolute Gasteiger partial charge is 0.242 e. The highest BCUT2D eigenvalue weighted by atomic mass is 16.5. The van der Waals surface area contributed by atoms with Crippen molar-refractivity contribution >= 4 is 11.9 Å². The van der Waals surface area contributed by atoms with Crippen LogP contribution in [0.15, 0.2) is 39.8 Å². The zero-order chi connectivity index (χ0) is 21.1. The summed E-state index contributed by atoms with van der Waals surface area (Å²) in [7, 11) is 0. The number of rotatable bonds is 10. The van der Waals surface area contributed by atoms with Gasteiger partial charge in [-0.2, -0.15) is 0 Å². The largest absolute Gasteiger partial charge is 0.361 e. The number of carbonyl (C=O) groups excluding carboxylic acids is 1. The minimum atomic E-state index is 0.0374. The molecule has 1 aromatic heterocycles. The summed E-state index contributed by atoms with van der Waals surface area (Å²) in [5.74, 6) is 1.52. The number of benzene rings is 1. The lowest BCUT2D eigenvalue weighted by atomic mass is 10.1. The lowest BCUT2D eigenvalue weighted by molar-refractivity contribution is -0.130. The van der Waals surface area contributed by atoms with Crippen molar-refractivity contribution < 1.29 is 9.32 Å². The monoisotopic (exact) mass is 399 g/mol. The summed E-state index contributed by atoms with van der Waals surface area (Å²) in [6.07, 6.45) is 1.59. The molecule has 0 saturated heterocycles. The summed E-state index contributed by atoms with van der Waals surface area (Å²) < 4.78 is 5.41. The Bertz CT molecular complexity index is 764. The quantitative estimate of drug-likeness (QED) is 0.474. The lowest BCUT2D eigenvalue weighted by Gasteiger charge is -2.22. The van der Waals surface area contributed by atoms with Crippen molar-refractivity contribution in [1.29, 1.82) is 0 Å². The number of aromatic nitrogens is 1. The summed E-state index contributed by atoms with van der Waals surface area (Å²) >= 11 is 0. The molecular formula is C22H33N5O2. The van der Waals surface area contributed by atoms with Crippen LogP contribution in [0, 0.1) is 0 Å². The van der Waals surface area contributed by atoms with E-state index in [0.29, 0.717) is 32.1 Å². The molecule has 1 amide bonds. The van der Waals surface area contributed by atoms with Crippen LogP contribution in [-0.2, 0) is 30.7 Å². The molecule has 0 atom stereocenters. The number of amides is 1. The third-order valence-corrected chi connectivity index (χ3v) is 4.70. The van der Waals surface area contributed by atoms with Crippen molar-refractivity contribution in [2.45, 2.75) is 53.6 Å². The number of aliphatic imine (C=N–C) groups is 1. The first kappa shape index (κ1) is 22.5. The van der Waals surface area contributed by atoms with Gasteiger partial charge in [0.05, 0.1) is 18.8 Å². The zero-order valence-corrected chi connectivity index (χ0v) is 18.0. The second kappa shape index (κ2) is 11.9. The summed E-state index contributed by atoms with van der Waals surface area (Å²) in [6.45, 7) is 10.7. The molecule has 0 aliphatic heterocycles. The van der Waals surface area contributed by atoms with Crippen LogP contribution in [0.3, 0.4) is 0 Å². The van der Waals surface area contributed by atoms with Gasteiger partial charge in [-0.25, -0.2) is 4.99 Å². The highest BCUT2D eigenvalue weighted by molar-refractivity contribution is 5.86. The number of nitrogens with one attached hydrogen (secondary N) is 2. The fraction of sp³-hybridized carbons (Fsp3) is 0.500. The Morgan fingerprint density at radius 3 is 2.48 bits per heavy atom. The Balaban J connectivity index is 1.99. The van der Waals surface area contributed by atoms with E-state index in [1.807, 2.05) is 56.0 Å². The molecule has 7 nitrogen and oxygen atoms in total. The maximum Gasteiger partial charge on any atom is 0.242 e. The Hall–Kier alpha value is -2.83. The molecule has 1 heterocycles. The van der Waals surface area contributed by atoms with E-state index >= 15 is 0 Å². The number of hydrogen-bond acceptors (Lipinski definition) is 4. The summed E-state index contributed by atoms with van der Waals surface area (Å²) in [5.41, 5.74) is 3.10. The SMILES string of the molecule is CCNC(=NCc1c(CC)noc1CC)NCC(=O)N(CC)Cc1ccccc1.